The van der Waals surface area contributed by atoms with Crippen molar-refractivity contribution in [3.63, 3.8) is 0 Å². The number of anilines is 1. The SMILES string of the molecule is C=S1(=O)NC(=O)c2ccc3c(c2)N(C[C@@H]2CC[C@H]2[C@@](O)(CN=[N+]=[N-])CCC[C@H](C)[C@H]1C)C[C@@]1(CCCc2cc(Cl)ccc21)CO3. The zero-order valence-electron chi connectivity index (χ0n) is 26.2. The first-order valence-electron chi connectivity index (χ1n) is 16.2. The van der Waals surface area contributed by atoms with Crippen LogP contribution in [0.3, 0.4) is 0 Å². The number of benzene rings is 2. The predicted octanol–water partition coefficient (Wildman–Crippen LogP) is 6.45. The van der Waals surface area contributed by atoms with E-state index < -0.39 is 21.2 Å². The van der Waals surface area contributed by atoms with Crippen molar-refractivity contribution < 1.29 is 18.8 Å². The van der Waals surface area contributed by atoms with Crippen molar-refractivity contribution in [2.45, 2.75) is 81.5 Å². The van der Waals surface area contributed by atoms with Crippen molar-refractivity contribution in [1.82, 2.24) is 4.72 Å². The normalized spacial score (nSPS) is 35.0. The minimum atomic E-state index is -2.97. The van der Waals surface area contributed by atoms with Crippen molar-refractivity contribution in [2.24, 2.45) is 22.9 Å². The van der Waals surface area contributed by atoms with Crippen LogP contribution in [0.25, 0.3) is 10.4 Å². The molecule has 2 aromatic rings. The fourth-order valence-corrected chi connectivity index (χ4v) is 9.92. The van der Waals surface area contributed by atoms with E-state index in [0.717, 1.165) is 42.8 Å². The lowest BCUT2D eigenvalue weighted by molar-refractivity contribution is -0.0813. The molecule has 1 amide bonds. The third kappa shape index (κ3) is 6.14. The number of aryl methyl sites for hydroxylation is 1. The molecule has 0 saturated heterocycles. The average molecular weight is 654 g/mol. The van der Waals surface area contributed by atoms with E-state index >= 15 is 0 Å². The predicted molar refractivity (Wildman–Crippen MR) is 181 cm³/mol. The number of fused-ring (bicyclic) bond motifs is 4. The third-order valence-corrected chi connectivity index (χ3v) is 13.6. The van der Waals surface area contributed by atoms with Crippen LogP contribution in [-0.4, -0.2) is 58.2 Å². The van der Waals surface area contributed by atoms with Gasteiger partial charge in [0.25, 0.3) is 5.91 Å². The van der Waals surface area contributed by atoms with Gasteiger partial charge in [0.05, 0.1) is 34.1 Å². The minimum Gasteiger partial charge on any atom is -0.490 e. The van der Waals surface area contributed by atoms with E-state index in [9.17, 15) is 19.6 Å². The summed E-state index contributed by atoms with van der Waals surface area (Å²) < 4.78 is 23.1. The number of rotatable bonds is 2. The number of azide groups is 1. The molecule has 2 aliphatic carbocycles. The van der Waals surface area contributed by atoms with Crippen molar-refractivity contribution in [3.05, 3.63) is 68.6 Å². The van der Waals surface area contributed by atoms with E-state index in [1.165, 1.54) is 11.1 Å². The molecule has 1 unspecified atom stereocenters. The standard InChI is InChI=1S/C34H44ClN5O4S/c1-22-6-4-15-34(42,19-37-39-36)29-11-8-26(29)18-40-20-33(14-5-7-24-16-27(35)10-12-28(24)33)21-44-31-13-9-25(17-30(31)40)32(41)38-45(3,43)23(22)2/h9-10,12-13,16-17,22-23,26,29,42H,3-8,11,14-15,18-21H2,1-2H3,(H,38,41,43)/t22-,23+,26-,29+,33-,34-,45?/m0/s1. The molecule has 4 aliphatic rings. The molecule has 9 nitrogen and oxygen atoms in total. The highest BCUT2D eigenvalue weighted by Crippen LogP contribution is 2.49. The molecule has 1 saturated carbocycles. The summed E-state index contributed by atoms with van der Waals surface area (Å²) in [4.78, 5) is 18.9. The number of aliphatic hydroxyl groups is 1. The fraction of sp³-hybridized carbons (Fsp3) is 0.588. The molecular formula is C34H44ClN5O4S. The van der Waals surface area contributed by atoms with Gasteiger partial charge < -0.3 is 14.7 Å². The van der Waals surface area contributed by atoms with Gasteiger partial charge in [0.2, 0.25) is 0 Å². The number of hydrogen-bond acceptors (Lipinski definition) is 6. The minimum absolute atomic E-state index is 0.00973. The van der Waals surface area contributed by atoms with Crippen LogP contribution in [-0.2, 0) is 21.5 Å². The smallest absolute Gasteiger partial charge is 0.262 e. The van der Waals surface area contributed by atoms with Gasteiger partial charge in [0.15, 0.2) is 0 Å². The van der Waals surface area contributed by atoms with Gasteiger partial charge in [-0.3, -0.25) is 9.52 Å². The van der Waals surface area contributed by atoms with Crippen LogP contribution in [0, 0.1) is 17.8 Å². The number of nitrogens with one attached hydrogen (secondary N) is 1. The average Bonchev–Trinajstić information content (AvgIpc) is 3.14. The summed E-state index contributed by atoms with van der Waals surface area (Å²) in [6.45, 7) is 5.73. The molecular weight excluding hydrogens is 610 g/mol. The molecule has 2 N–H and O–H groups in total. The van der Waals surface area contributed by atoms with E-state index in [1.54, 1.807) is 6.07 Å². The van der Waals surface area contributed by atoms with Crippen molar-refractivity contribution in [3.8, 4) is 5.75 Å². The summed E-state index contributed by atoms with van der Waals surface area (Å²) in [6, 6.07) is 11.6. The third-order valence-electron chi connectivity index (χ3n) is 11.2. The zero-order valence-corrected chi connectivity index (χ0v) is 27.8. The first kappa shape index (κ1) is 32.0. The Morgan fingerprint density at radius 3 is 2.78 bits per heavy atom. The summed E-state index contributed by atoms with van der Waals surface area (Å²) in [5.74, 6) is 4.37. The van der Waals surface area contributed by atoms with Crippen molar-refractivity contribution in [1.29, 1.82) is 0 Å². The van der Waals surface area contributed by atoms with Gasteiger partial charge in [-0.2, -0.15) is 0 Å². The van der Waals surface area contributed by atoms with Crippen molar-refractivity contribution in [2.75, 3.05) is 31.1 Å². The largest absolute Gasteiger partial charge is 0.490 e. The van der Waals surface area contributed by atoms with Crippen LogP contribution in [0.5, 0.6) is 5.75 Å². The van der Waals surface area contributed by atoms with Crippen LogP contribution in [0.15, 0.2) is 41.5 Å². The van der Waals surface area contributed by atoms with E-state index in [0.29, 0.717) is 50.3 Å². The number of carbonyl (C=O) groups excluding carboxylic acids is 1. The molecule has 2 heterocycles. The maximum absolute atomic E-state index is 13.7. The van der Waals surface area contributed by atoms with Crippen LogP contribution >= 0.6 is 11.6 Å². The lowest BCUT2D eigenvalue weighted by atomic mass is 9.62. The zero-order chi connectivity index (χ0) is 32.0. The quantitative estimate of drug-likeness (QED) is 0.167. The molecule has 7 atom stereocenters. The molecule has 2 aliphatic heterocycles. The topological polar surface area (TPSA) is 128 Å². The molecule has 0 aromatic heterocycles. The number of nitrogens with zero attached hydrogens (tertiary/aromatic N) is 4. The molecule has 1 spiro atoms. The maximum Gasteiger partial charge on any atom is 0.262 e. The van der Waals surface area contributed by atoms with Crippen molar-refractivity contribution >= 4 is 38.8 Å². The van der Waals surface area contributed by atoms with Gasteiger partial charge in [0, 0.05) is 39.3 Å². The molecule has 45 heavy (non-hydrogen) atoms. The summed E-state index contributed by atoms with van der Waals surface area (Å²) in [5.41, 5.74) is 11.5. The van der Waals surface area contributed by atoms with Gasteiger partial charge in [0.1, 0.15) is 5.75 Å². The monoisotopic (exact) mass is 653 g/mol. The Labute approximate surface area is 271 Å². The van der Waals surface area contributed by atoms with Crippen LogP contribution < -0.4 is 14.4 Å². The van der Waals surface area contributed by atoms with Crippen LogP contribution in [0.2, 0.25) is 5.02 Å². The fourth-order valence-electron chi connectivity index (χ4n) is 8.22. The number of hydrogen-bond donors (Lipinski definition) is 2. The second-order valence-electron chi connectivity index (χ2n) is 14.0. The Kier molecular flexibility index (Phi) is 8.80. The van der Waals surface area contributed by atoms with Gasteiger partial charge in [-0.05, 0) is 122 Å². The molecule has 11 heteroatoms. The lowest BCUT2D eigenvalue weighted by Gasteiger charge is -2.50. The Bertz CT molecular complexity index is 1630. The van der Waals surface area contributed by atoms with Gasteiger partial charge in [-0.1, -0.05) is 36.1 Å². The van der Waals surface area contributed by atoms with Gasteiger partial charge in [-0.15, -0.1) is 0 Å². The molecule has 1 fully saturated rings. The summed E-state index contributed by atoms with van der Waals surface area (Å²) in [5, 5.41) is 16.3. The Hall–Kier alpha value is -2.91. The number of ether oxygens (including phenoxy) is 1. The molecule has 242 valence electrons. The number of carbonyl (C=O) groups is 1. The highest BCUT2D eigenvalue weighted by molar-refractivity contribution is 7.99. The Balaban J connectivity index is 1.44. The van der Waals surface area contributed by atoms with Crippen LogP contribution in [0.1, 0.15) is 80.3 Å². The summed E-state index contributed by atoms with van der Waals surface area (Å²) >= 11 is 6.42. The van der Waals surface area contributed by atoms with Gasteiger partial charge in [-0.25, -0.2) is 4.21 Å². The number of amides is 1. The first-order chi connectivity index (χ1) is 21.4. The maximum atomic E-state index is 13.7. The second kappa shape index (κ2) is 12.4. The van der Waals surface area contributed by atoms with E-state index in [1.807, 2.05) is 32.0 Å². The highest BCUT2D eigenvalue weighted by atomic mass is 35.5. The summed E-state index contributed by atoms with van der Waals surface area (Å²) in [6.07, 6.45) is 6.60. The summed E-state index contributed by atoms with van der Waals surface area (Å²) in [7, 11) is -2.97. The molecule has 2 bridgehead atoms. The van der Waals surface area contributed by atoms with Gasteiger partial charge >= 0.3 is 0 Å². The molecule has 0 radical (unpaired) electrons. The number of halogens is 1. The highest BCUT2D eigenvalue weighted by Gasteiger charge is 2.48. The first-order valence-corrected chi connectivity index (χ1v) is 18.3. The van der Waals surface area contributed by atoms with E-state index in [4.69, 9.17) is 16.3 Å². The second-order valence-corrected chi connectivity index (χ2v) is 16.8. The Morgan fingerprint density at radius 2 is 2.02 bits per heavy atom. The Morgan fingerprint density at radius 1 is 1.20 bits per heavy atom. The van der Waals surface area contributed by atoms with E-state index in [2.05, 4.69) is 37.7 Å². The van der Waals surface area contributed by atoms with Crippen LogP contribution in [0.4, 0.5) is 5.69 Å². The molecule has 6 rings (SSSR count). The van der Waals surface area contributed by atoms with E-state index in [-0.39, 0.29) is 35.0 Å². The lowest BCUT2D eigenvalue weighted by Crippen LogP contribution is -2.54. The molecule has 2 aromatic carbocycles.